The van der Waals surface area contributed by atoms with Crippen LogP contribution < -0.4 is 10.9 Å². The summed E-state index contributed by atoms with van der Waals surface area (Å²) in [7, 11) is 0. The SMILES string of the molecule is CCC(C)c1ccc(NC(=O)C(C)SCc2nc3sc(C)c(C)c3c(=O)[nH]2)cc1. The third-order valence-electron chi connectivity index (χ3n) is 5.29. The number of hydrogen-bond donors (Lipinski definition) is 2. The maximum absolute atomic E-state index is 12.5. The van der Waals surface area contributed by atoms with Crippen molar-refractivity contribution < 1.29 is 4.79 Å². The largest absolute Gasteiger partial charge is 0.325 e. The van der Waals surface area contributed by atoms with E-state index in [1.165, 1.54) is 28.7 Å². The zero-order chi connectivity index (χ0) is 21.1. The normalized spacial score (nSPS) is 13.4. The summed E-state index contributed by atoms with van der Waals surface area (Å²) in [5.74, 6) is 1.53. The summed E-state index contributed by atoms with van der Waals surface area (Å²) in [4.78, 5) is 34.2. The lowest BCUT2D eigenvalue weighted by Crippen LogP contribution is -2.23. The Morgan fingerprint density at radius 2 is 1.93 bits per heavy atom. The molecule has 0 spiro atoms. The Hall–Kier alpha value is -2.12. The second kappa shape index (κ2) is 9.13. The highest BCUT2D eigenvalue weighted by Gasteiger charge is 2.16. The number of aryl methyl sites for hydroxylation is 2. The van der Waals surface area contributed by atoms with Crippen LogP contribution >= 0.6 is 23.1 Å². The summed E-state index contributed by atoms with van der Waals surface area (Å²) in [6, 6.07) is 8.03. The molecule has 0 aliphatic heterocycles. The Morgan fingerprint density at radius 3 is 2.59 bits per heavy atom. The molecule has 2 aromatic heterocycles. The quantitative estimate of drug-likeness (QED) is 0.529. The van der Waals surface area contributed by atoms with Crippen LogP contribution in [0.4, 0.5) is 5.69 Å². The fraction of sp³-hybridized carbons (Fsp3) is 0.409. The van der Waals surface area contributed by atoms with Gasteiger partial charge in [-0.15, -0.1) is 23.1 Å². The van der Waals surface area contributed by atoms with Gasteiger partial charge >= 0.3 is 0 Å². The molecule has 0 fully saturated rings. The van der Waals surface area contributed by atoms with Crippen LogP contribution in [0.15, 0.2) is 29.1 Å². The Morgan fingerprint density at radius 1 is 1.24 bits per heavy atom. The summed E-state index contributed by atoms with van der Waals surface area (Å²) in [6.07, 6.45) is 1.09. The first-order valence-corrected chi connectivity index (χ1v) is 11.7. The van der Waals surface area contributed by atoms with Crippen molar-refractivity contribution in [2.45, 2.75) is 58.0 Å². The third kappa shape index (κ3) is 4.90. The first-order chi connectivity index (χ1) is 13.8. The van der Waals surface area contributed by atoms with Gasteiger partial charge in [-0.2, -0.15) is 0 Å². The number of carbonyl (C=O) groups is 1. The van der Waals surface area contributed by atoms with Gasteiger partial charge in [-0.1, -0.05) is 26.0 Å². The number of rotatable bonds is 7. The summed E-state index contributed by atoms with van der Waals surface area (Å²) < 4.78 is 0. The predicted molar refractivity (Wildman–Crippen MR) is 124 cm³/mol. The molecule has 0 bridgehead atoms. The lowest BCUT2D eigenvalue weighted by Gasteiger charge is -2.13. The number of carbonyl (C=O) groups excluding carboxylic acids is 1. The summed E-state index contributed by atoms with van der Waals surface area (Å²) in [6.45, 7) is 10.2. The standard InChI is InChI=1S/C22H27N3O2S2/c1-6-12(2)16-7-9-17(10-8-16)23-20(26)15(5)28-11-18-24-21(27)19-13(3)14(4)29-22(19)25-18/h7-10,12,15H,6,11H2,1-5H3,(H,23,26)(H,24,25,27). The van der Waals surface area contributed by atoms with E-state index >= 15 is 0 Å². The maximum atomic E-state index is 12.5. The van der Waals surface area contributed by atoms with E-state index in [1.807, 2.05) is 32.9 Å². The molecule has 2 unspecified atom stereocenters. The van der Waals surface area contributed by atoms with Crippen molar-refractivity contribution in [2.75, 3.05) is 5.32 Å². The average Bonchev–Trinajstić information content (AvgIpc) is 3.00. The molecule has 2 N–H and O–H groups in total. The zero-order valence-electron chi connectivity index (χ0n) is 17.5. The number of thiophene rings is 1. The van der Waals surface area contributed by atoms with Gasteiger partial charge in [0.25, 0.3) is 5.56 Å². The van der Waals surface area contributed by atoms with E-state index in [0.29, 0.717) is 22.9 Å². The molecule has 0 radical (unpaired) electrons. The molecule has 2 atom stereocenters. The van der Waals surface area contributed by atoms with E-state index in [9.17, 15) is 9.59 Å². The molecule has 154 valence electrons. The molecule has 0 aliphatic carbocycles. The first kappa shape index (κ1) is 21.6. The Bertz CT molecular complexity index is 1070. The number of benzene rings is 1. The number of amides is 1. The molecule has 2 heterocycles. The third-order valence-corrected chi connectivity index (χ3v) is 7.54. The van der Waals surface area contributed by atoms with Gasteiger partial charge in [0.05, 0.1) is 16.4 Å². The number of H-pyrrole nitrogens is 1. The van der Waals surface area contributed by atoms with Gasteiger partial charge in [-0.05, 0) is 56.4 Å². The van der Waals surface area contributed by atoms with Crippen molar-refractivity contribution in [2.24, 2.45) is 0 Å². The second-order valence-electron chi connectivity index (χ2n) is 7.35. The van der Waals surface area contributed by atoms with Crippen molar-refractivity contribution in [3.8, 4) is 0 Å². The molecule has 29 heavy (non-hydrogen) atoms. The highest BCUT2D eigenvalue weighted by molar-refractivity contribution is 7.99. The van der Waals surface area contributed by atoms with Gasteiger partial charge in [0.15, 0.2) is 0 Å². The van der Waals surface area contributed by atoms with E-state index < -0.39 is 0 Å². The van der Waals surface area contributed by atoms with Crippen LogP contribution in [-0.4, -0.2) is 21.1 Å². The minimum absolute atomic E-state index is 0.0578. The van der Waals surface area contributed by atoms with Crippen LogP contribution in [0, 0.1) is 13.8 Å². The van der Waals surface area contributed by atoms with Crippen molar-refractivity contribution in [1.29, 1.82) is 0 Å². The van der Waals surface area contributed by atoms with E-state index in [0.717, 1.165) is 27.4 Å². The summed E-state index contributed by atoms with van der Waals surface area (Å²) in [5, 5.41) is 3.37. The fourth-order valence-electron chi connectivity index (χ4n) is 3.02. The molecule has 1 aromatic carbocycles. The number of nitrogens with zero attached hydrogens (tertiary/aromatic N) is 1. The number of thioether (sulfide) groups is 1. The maximum Gasteiger partial charge on any atom is 0.259 e. The van der Waals surface area contributed by atoms with Crippen LogP contribution in [0.1, 0.15) is 54.9 Å². The van der Waals surface area contributed by atoms with Crippen LogP contribution in [0.5, 0.6) is 0 Å². The monoisotopic (exact) mass is 429 g/mol. The summed E-state index contributed by atoms with van der Waals surface area (Å²) >= 11 is 2.99. The van der Waals surface area contributed by atoms with Gasteiger partial charge in [0.1, 0.15) is 10.7 Å². The van der Waals surface area contributed by atoms with Gasteiger partial charge in [0, 0.05) is 10.6 Å². The van der Waals surface area contributed by atoms with Crippen molar-refractivity contribution in [3.63, 3.8) is 0 Å². The Kier molecular flexibility index (Phi) is 6.80. The highest BCUT2D eigenvalue weighted by atomic mass is 32.2. The van der Waals surface area contributed by atoms with Crippen molar-refractivity contribution in [1.82, 2.24) is 9.97 Å². The van der Waals surface area contributed by atoms with Crippen LogP contribution in [-0.2, 0) is 10.5 Å². The fourth-order valence-corrected chi connectivity index (χ4v) is 4.83. The predicted octanol–water partition coefficient (Wildman–Crippen LogP) is 5.38. The molecule has 3 aromatic rings. The van der Waals surface area contributed by atoms with E-state index in [4.69, 9.17) is 0 Å². The lowest BCUT2D eigenvalue weighted by atomic mass is 9.99. The van der Waals surface area contributed by atoms with E-state index in [1.54, 1.807) is 0 Å². The van der Waals surface area contributed by atoms with Gasteiger partial charge in [-0.3, -0.25) is 9.59 Å². The minimum Gasteiger partial charge on any atom is -0.325 e. The molecule has 3 rings (SSSR count). The lowest BCUT2D eigenvalue weighted by molar-refractivity contribution is -0.115. The molecule has 7 heteroatoms. The molecule has 5 nitrogen and oxygen atoms in total. The van der Waals surface area contributed by atoms with E-state index in [-0.39, 0.29) is 16.7 Å². The van der Waals surface area contributed by atoms with Crippen LogP contribution in [0.3, 0.4) is 0 Å². The van der Waals surface area contributed by atoms with Gasteiger partial charge in [0.2, 0.25) is 5.91 Å². The average molecular weight is 430 g/mol. The molecule has 0 saturated heterocycles. The van der Waals surface area contributed by atoms with Crippen LogP contribution in [0.25, 0.3) is 10.2 Å². The smallest absolute Gasteiger partial charge is 0.259 e. The molecule has 1 amide bonds. The number of fused-ring (bicyclic) bond motifs is 1. The van der Waals surface area contributed by atoms with Gasteiger partial charge < -0.3 is 10.3 Å². The van der Waals surface area contributed by atoms with Crippen molar-refractivity contribution >= 4 is 44.9 Å². The second-order valence-corrected chi connectivity index (χ2v) is 9.88. The molecular formula is C22H27N3O2S2. The number of aromatic amines is 1. The molecular weight excluding hydrogens is 402 g/mol. The molecule has 0 aliphatic rings. The zero-order valence-corrected chi connectivity index (χ0v) is 19.1. The van der Waals surface area contributed by atoms with Crippen LogP contribution in [0.2, 0.25) is 0 Å². The minimum atomic E-state index is -0.267. The number of aromatic nitrogens is 2. The summed E-state index contributed by atoms with van der Waals surface area (Å²) in [5.41, 5.74) is 2.96. The Balaban J connectivity index is 1.61. The Labute approximate surface area is 179 Å². The molecule has 0 saturated carbocycles. The number of hydrogen-bond acceptors (Lipinski definition) is 5. The van der Waals surface area contributed by atoms with Gasteiger partial charge in [-0.25, -0.2) is 4.98 Å². The van der Waals surface area contributed by atoms with Crippen molar-refractivity contribution in [3.05, 3.63) is 56.4 Å². The first-order valence-electron chi connectivity index (χ1n) is 9.81. The van der Waals surface area contributed by atoms with E-state index in [2.05, 4.69) is 41.3 Å². The highest BCUT2D eigenvalue weighted by Crippen LogP contribution is 2.27. The number of anilines is 1. The number of nitrogens with one attached hydrogen (secondary N) is 2. The topological polar surface area (TPSA) is 74.8 Å².